The molecule has 0 aliphatic carbocycles. The normalized spacial score (nSPS) is 25.0. The standard InChI is InChI=1S/C9H20N2S/c1-9-4-3-5-11(9)6-7-12-8-10-2/h9-10H,3-8H2,1-2H3. The lowest BCUT2D eigenvalue weighted by atomic mass is 10.2. The Kier molecular flexibility index (Phi) is 5.04. The van der Waals surface area contributed by atoms with E-state index < -0.39 is 0 Å². The van der Waals surface area contributed by atoms with Crippen LogP contribution >= 0.6 is 11.8 Å². The topological polar surface area (TPSA) is 15.3 Å². The van der Waals surface area contributed by atoms with Crippen molar-refractivity contribution in [1.29, 1.82) is 0 Å². The molecule has 12 heavy (non-hydrogen) atoms. The molecule has 1 unspecified atom stereocenters. The molecule has 0 radical (unpaired) electrons. The zero-order chi connectivity index (χ0) is 8.81. The molecule has 0 aromatic heterocycles. The summed E-state index contributed by atoms with van der Waals surface area (Å²) in [5.41, 5.74) is 0. The first-order valence-electron chi connectivity index (χ1n) is 4.81. The molecule has 1 aliphatic rings. The van der Waals surface area contributed by atoms with Gasteiger partial charge in [-0.25, -0.2) is 0 Å². The third-order valence-electron chi connectivity index (χ3n) is 2.46. The van der Waals surface area contributed by atoms with Crippen LogP contribution in [0.5, 0.6) is 0 Å². The average Bonchev–Trinajstić information content (AvgIpc) is 2.46. The van der Waals surface area contributed by atoms with Crippen molar-refractivity contribution in [1.82, 2.24) is 10.2 Å². The molecular formula is C9H20N2S. The number of thioether (sulfide) groups is 1. The van der Waals surface area contributed by atoms with Crippen molar-refractivity contribution in [3.8, 4) is 0 Å². The summed E-state index contributed by atoms with van der Waals surface area (Å²) in [5.74, 6) is 2.35. The van der Waals surface area contributed by atoms with Gasteiger partial charge in [0, 0.05) is 24.2 Å². The maximum atomic E-state index is 3.15. The van der Waals surface area contributed by atoms with Gasteiger partial charge in [0.15, 0.2) is 0 Å². The summed E-state index contributed by atoms with van der Waals surface area (Å²) in [6.45, 7) is 4.94. The first-order valence-corrected chi connectivity index (χ1v) is 5.96. The summed E-state index contributed by atoms with van der Waals surface area (Å²) >= 11 is 1.99. The molecule has 1 saturated heterocycles. The Labute approximate surface area is 80.1 Å². The molecule has 3 heteroatoms. The number of hydrogen-bond donors (Lipinski definition) is 1. The van der Waals surface area contributed by atoms with Crippen LogP contribution in [0.15, 0.2) is 0 Å². The fourth-order valence-electron chi connectivity index (χ4n) is 1.68. The number of likely N-dealkylation sites (tertiary alicyclic amines) is 1. The Hall–Kier alpha value is 0.270. The minimum Gasteiger partial charge on any atom is -0.311 e. The van der Waals surface area contributed by atoms with Crippen molar-refractivity contribution in [2.24, 2.45) is 0 Å². The molecule has 0 amide bonds. The Bertz CT molecular complexity index is 119. The zero-order valence-corrected chi connectivity index (χ0v) is 8.99. The smallest absolute Gasteiger partial charge is 0.0415 e. The fraction of sp³-hybridized carbons (Fsp3) is 1.00. The van der Waals surface area contributed by atoms with E-state index in [4.69, 9.17) is 0 Å². The molecule has 1 N–H and O–H groups in total. The van der Waals surface area contributed by atoms with Crippen molar-refractivity contribution < 1.29 is 0 Å². The highest BCUT2D eigenvalue weighted by molar-refractivity contribution is 7.99. The molecule has 1 atom stereocenters. The molecule has 0 aromatic carbocycles. The summed E-state index contributed by atoms with van der Waals surface area (Å²) in [5, 5.41) is 3.15. The summed E-state index contributed by atoms with van der Waals surface area (Å²) < 4.78 is 0. The second kappa shape index (κ2) is 5.84. The van der Waals surface area contributed by atoms with E-state index >= 15 is 0 Å². The van der Waals surface area contributed by atoms with E-state index in [1.807, 2.05) is 18.8 Å². The van der Waals surface area contributed by atoms with Crippen LogP contribution in [0.3, 0.4) is 0 Å². The molecule has 1 fully saturated rings. The quantitative estimate of drug-likeness (QED) is 0.518. The minimum absolute atomic E-state index is 0.834. The SMILES string of the molecule is CNCSCCN1CCCC1C. The summed E-state index contributed by atoms with van der Waals surface area (Å²) in [6.07, 6.45) is 2.80. The third kappa shape index (κ3) is 3.33. The van der Waals surface area contributed by atoms with E-state index in [2.05, 4.69) is 17.1 Å². The lowest BCUT2D eigenvalue weighted by Crippen LogP contribution is -2.29. The predicted octanol–water partition coefficient (Wildman–Crippen LogP) is 1.38. The Morgan fingerprint density at radius 1 is 1.58 bits per heavy atom. The lowest BCUT2D eigenvalue weighted by Gasteiger charge is -2.20. The van der Waals surface area contributed by atoms with Gasteiger partial charge in [-0.05, 0) is 33.4 Å². The van der Waals surface area contributed by atoms with Gasteiger partial charge in [0.1, 0.15) is 0 Å². The maximum Gasteiger partial charge on any atom is 0.0415 e. The van der Waals surface area contributed by atoms with Gasteiger partial charge < -0.3 is 5.32 Å². The molecule has 72 valence electrons. The van der Waals surface area contributed by atoms with E-state index in [0.717, 1.165) is 11.9 Å². The molecule has 0 aromatic rings. The predicted molar refractivity (Wildman–Crippen MR) is 56.7 cm³/mol. The van der Waals surface area contributed by atoms with E-state index in [1.54, 1.807) is 0 Å². The van der Waals surface area contributed by atoms with Crippen molar-refractivity contribution >= 4 is 11.8 Å². The number of rotatable bonds is 5. The van der Waals surface area contributed by atoms with Crippen molar-refractivity contribution in [3.63, 3.8) is 0 Å². The molecular weight excluding hydrogens is 168 g/mol. The van der Waals surface area contributed by atoms with Crippen LogP contribution in [0.1, 0.15) is 19.8 Å². The van der Waals surface area contributed by atoms with Crippen LogP contribution < -0.4 is 5.32 Å². The second-order valence-electron chi connectivity index (χ2n) is 3.43. The average molecular weight is 188 g/mol. The van der Waals surface area contributed by atoms with Gasteiger partial charge in [0.2, 0.25) is 0 Å². The third-order valence-corrected chi connectivity index (χ3v) is 3.42. The summed E-state index contributed by atoms with van der Waals surface area (Å²) in [6, 6.07) is 0.834. The molecule has 0 saturated carbocycles. The van der Waals surface area contributed by atoms with Gasteiger partial charge >= 0.3 is 0 Å². The molecule has 1 rings (SSSR count). The van der Waals surface area contributed by atoms with Gasteiger partial charge in [-0.15, -0.1) is 11.8 Å². The maximum absolute atomic E-state index is 3.15. The van der Waals surface area contributed by atoms with Gasteiger partial charge in [0.05, 0.1) is 0 Å². The van der Waals surface area contributed by atoms with Crippen LogP contribution in [0.2, 0.25) is 0 Å². The highest BCUT2D eigenvalue weighted by atomic mass is 32.2. The van der Waals surface area contributed by atoms with Crippen LogP contribution in [0.4, 0.5) is 0 Å². The molecule has 0 spiro atoms. The summed E-state index contributed by atoms with van der Waals surface area (Å²) in [7, 11) is 2.01. The van der Waals surface area contributed by atoms with Crippen LogP contribution in [0, 0.1) is 0 Å². The molecule has 0 bridgehead atoms. The van der Waals surface area contributed by atoms with Crippen LogP contribution in [-0.2, 0) is 0 Å². The number of hydrogen-bond acceptors (Lipinski definition) is 3. The van der Waals surface area contributed by atoms with Gasteiger partial charge in [-0.3, -0.25) is 4.90 Å². The molecule has 1 aliphatic heterocycles. The van der Waals surface area contributed by atoms with E-state index in [0.29, 0.717) is 0 Å². The van der Waals surface area contributed by atoms with Crippen LogP contribution in [-0.4, -0.2) is 42.7 Å². The van der Waals surface area contributed by atoms with Gasteiger partial charge in [-0.2, -0.15) is 0 Å². The highest BCUT2D eigenvalue weighted by Crippen LogP contribution is 2.16. The number of nitrogens with zero attached hydrogens (tertiary/aromatic N) is 1. The van der Waals surface area contributed by atoms with Crippen molar-refractivity contribution in [2.45, 2.75) is 25.8 Å². The monoisotopic (exact) mass is 188 g/mol. The Morgan fingerprint density at radius 2 is 2.42 bits per heavy atom. The fourth-order valence-corrected chi connectivity index (χ4v) is 2.39. The Balaban J connectivity index is 1.98. The van der Waals surface area contributed by atoms with E-state index in [9.17, 15) is 0 Å². The lowest BCUT2D eigenvalue weighted by molar-refractivity contribution is 0.286. The largest absolute Gasteiger partial charge is 0.311 e. The number of nitrogens with one attached hydrogen (secondary N) is 1. The van der Waals surface area contributed by atoms with Crippen molar-refractivity contribution in [3.05, 3.63) is 0 Å². The van der Waals surface area contributed by atoms with E-state index in [1.165, 1.54) is 31.7 Å². The van der Waals surface area contributed by atoms with Crippen molar-refractivity contribution in [2.75, 3.05) is 31.8 Å². The molecule has 1 heterocycles. The zero-order valence-electron chi connectivity index (χ0n) is 8.18. The van der Waals surface area contributed by atoms with E-state index in [-0.39, 0.29) is 0 Å². The first kappa shape index (κ1) is 10.4. The highest BCUT2D eigenvalue weighted by Gasteiger charge is 2.18. The van der Waals surface area contributed by atoms with Crippen LogP contribution in [0.25, 0.3) is 0 Å². The first-order chi connectivity index (χ1) is 5.84. The molecule has 2 nitrogen and oxygen atoms in total. The minimum atomic E-state index is 0.834. The summed E-state index contributed by atoms with van der Waals surface area (Å²) in [4.78, 5) is 2.60. The Morgan fingerprint density at radius 3 is 3.00 bits per heavy atom. The second-order valence-corrected chi connectivity index (χ2v) is 4.54. The van der Waals surface area contributed by atoms with Gasteiger partial charge in [0.25, 0.3) is 0 Å². The van der Waals surface area contributed by atoms with Gasteiger partial charge in [-0.1, -0.05) is 0 Å².